The molecule has 2 aromatic carbocycles. The number of hydrogen-bond donors (Lipinski definition) is 2. The largest absolute Gasteiger partial charge is 0.311 e. The second-order valence-corrected chi connectivity index (χ2v) is 3.63. The zero-order valence-electron chi connectivity index (χ0n) is 6.87. The first kappa shape index (κ1) is 7.09. The van der Waals surface area contributed by atoms with Crippen LogP contribution in [0, 0.1) is 0 Å². The number of benzene rings is 2. The number of rotatable bonds is 0. The Morgan fingerprint density at radius 2 is 1.46 bits per heavy atom. The lowest BCUT2D eigenvalue weighted by molar-refractivity contribution is 1.68. The monoisotopic (exact) mass is 188 g/mol. The summed E-state index contributed by atoms with van der Waals surface area (Å²) in [6.45, 7) is 0. The Hall–Kier alpha value is -1.35. The standard InChI is InChI=1S/C10H8N2S/c1-3-7-4-2-6-9-10(7)8(5-1)11-13-12-9/h1-6,11-12H. The van der Waals surface area contributed by atoms with Crippen LogP contribution in [-0.2, 0) is 0 Å². The van der Waals surface area contributed by atoms with Crippen molar-refractivity contribution in [2.45, 2.75) is 0 Å². The molecule has 0 bridgehead atoms. The van der Waals surface area contributed by atoms with Crippen LogP contribution < -0.4 is 9.44 Å². The van der Waals surface area contributed by atoms with E-state index in [4.69, 9.17) is 0 Å². The smallest absolute Gasteiger partial charge is 0.0656 e. The van der Waals surface area contributed by atoms with E-state index in [1.54, 1.807) is 0 Å². The van der Waals surface area contributed by atoms with E-state index in [1.165, 1.54) is 34.3 Å². The fraction of sp³-hybridized carbons (Fsp3) is 0. The fourth-order valence-corrected chi connectivity index (χ4v) is 2.26. The summed E-state index contributed by atoms with van der Waals surface area (Å²) in [6.07, 6.45) is 0. The highest BCUT2D eigenvalue weighted by molar-refractivity contribution is 8.02. The van der Waals surface area contributed by atoms with E-state index in [-0.39, 0.29) is 0 Å². The quantitative estimate of drug-likeness (QED) is 0.621. The molecule has 0 fully saturated rings. The molecule has 0 radical (unpaired) electrons. The van der Waals surface area contributed by atoms with Crippen LogP contribution in [0.25, 0.3) is 10.8 Å². The minimum absolute atomic E-state index is 1.19. The maximum absolute atomic E-state index is 3.23. The average Bonchev–Trinajstić information content (AvgIpc) is 2.19. The molecule has 64 valence electrons. The van der Waals surface area contributed by atoms with Crippen molar-refractivity contribution in [2.75, 3.05) is 9.44 Å². The molecule has 1 aliphatic heterocycles. The van der Waals surface area contributed by atoms with Gasteiger partial charge < -0.3 is 9.44 Å². The second kappa shape index (κ2) is 2.57. The summed E-state index contributed by atoms with van der Waals surface area (Å²) in [6, 6.07) is 12.6. The molecule has 0 saturated carbocycles. The highest BCUT2D eigenvalue weighted by Crippen LogP contribution is 2.36. The SMILES string of the molecule is c1cc2c3c(cccc3c1)NSN2. The van der Waals surface area contributed by atoms with Gasteiger partial charge in [0.2, 0.25) is 0 Å². The predicted molar refractivity (Wildman–Crippen MR) is 58.8 cm³/mol. The van der Waals surface area contributed by atoms with Gasteiger partial charge in [0.1, 0.15) is 0 Å². The molecule has 0 saturated heterocycles. The first-order valence-electron chi connectivity index (χ1n) is 4.15. The van der Waals surface area contributed by atoms with Crippen LogP contribution in [0.5, 0.6) is 0 Å². The van der Waals surface area contributed by atoms with Gasteiger partial charge in [-0.25, -0.2) is 0 Å². The first-order chi connectivity index (χ1) is 6.45. The molecule has 3 rings (SSSR count). The summed E-state index contributed by atoms with van der Waals surface area (Å²) in [5.41, 5.74) is 2.38. The number of hydrogen-bond acceptors (Lipinski definition) is 3. The van der Waals surface area contributed by atoms with Gasteiger partial charge >= 0.3 is 0 Å². The Bertz CT molecular complexity index is 429. The van der Waals surface area contributed by atoms with Crippen LogP contribution in [0.4, 0.5) is 11.4 Å². The molecule has 0 aliphatic carbocycles. The van der Waals surface area contributed by atoms with Crippen LogP contribution in [0.2, 0.25) is 0 Å². The van der Waals surface area contributed by atoms with Gasteiger partial charge in [0.05, 0.1) is 23.5 Å². The summed E-state index contributed by atoms with van der Waals surface area (Å²) in [5.74, 6) is 0. The second-order valence-electron chi connectivity index (χ2n) is 3.02. The fourth-order valence-electron chi connectivity index (χ4n) is 1.65. The Labute approximate surface area is 80.6 Å². The molecule has 0 unspecified atom stereocenters. The van der Waals surface area contributed by atoms with Crippen molar-refractivity contribution >= 4 is 34.3 Å². The van der Waals surface area contributed by atoms with Crippen molar-refractivity contribution in [2.24, 2.45) is 0 Å². The van der Waals surface area contributed by atoms with Crippen LogP contribution in [0.1, 0.15) is 0 Å². The molecular weight excluding hydrogens is 180 g/mol. The van der Waals surface area contributed by atoms with Crippen molar-refractivity contribution in [1.29, 1.82) is 0 Å². The van der Waals surface area contributed by atoms with Gasteiger partial charge in [-0.3, -0.25) is 0 Å². The molecule has 2 nitrogen and oxygen atoms in total. The predicted octanol–water partition coefficient (Wildman–Crippen LogP) is 3.24. The van der Waals surface area contributed by atoms with Crippen LogP contribution in [0.3, 0.4) is 0 Å². The molecule has 2 aromatic rings. The van der Waals surface area contributed by atoms with Crippen LogP contribution in [-0.4, -0.2) is 0 Å². The summed E-state index contributed by atoms with van der Waals surface area (Å²) < 4.78 is 6.46. The summed E-state index contributed by atoms with van der Waals surface area (Å²) in [5, 5.41) is 2.55. The van der Waals surface area contributed by atoms with Crippen LogP contribution in [0.15, 0.2) is 36.4 Å². The highest BCUT2D eigenvalue weighted by Gasteiger charge is 2.09. The van der Waals surface area contributed by atoms with E-state index in [0.717, 1.165) is 0 Å². The lowest BCUT2D eigenvalue weighted by atomic mass is 10.1. The third-order valence-electron chi connectivity index (χ3n) is 2.23. The van der Waals surface area contributed by atoms with Crippen molar-refractivity contribution in [1.82, 2.24) is 0 Å². The zero-order chi connectivity index (χ0) is 8.67. The Morgan fingerprint density at radius 3 is 2.08 bits per heavy atom. The van der Waals surface area contributed by atoms with Gasteiger partial charge in [-0.2, -0.15) is 0 Å². The van der Waals surface area contributed by atoms with E-state index in [1.807, 2.05) is 0 Å². The minimum atomic E-state index is 1.19. The molecular formula is C10H8N2S. The zero-order valence-corrected chi connectivity index (χ0v) is 7.69. The van der Waals surface area contributed by atoms with Crippen LogP contribution >= 0.6 is 12.1 Å². The lowest BCUT2D eigenvalue weighted by Gasteiger charge is -2.18. The van der Waals surface area contributed by atoms with Gasteiger partial charge in [0.15, 0.2) is 0 Å². The molecule has 0 spiro atoms. The van der Waals surface area contributed by atoms with Gasteiger partial charge in [-0.05, 0) is 17.5 Å². The maximum Gasteiger partial charge on any atom is 0.0656 e. The Kier molecular flexibility index (Phi) is 1.40. The summed E-state index contributed by atoms with van der Waals surface area (Å²) >= 11 is 1.51. The normalized spacial score (nSPS) is 13.5. The summed E-state index contributed by atoms with van der Waals surface area (Å²) in [4.78, 5) is 0. The Morgan fingerprint density at radius 1 is 0.846 bits per heavy atom. The third-order valence-corrected chi connectivity index (χ3v) is 2.87. The van der Waals surface area contributed by atoms with Crippen molar-refractivity contribution < 1.29 is 0 Å². The highest BCUT2D eigenvalue weighted by atomic mass is 32.2. The first-order valence-corrected chi connectivity index (χ1v) is 4.96. The van der Waals surface area contributed by atoms with E-state index in [2.05, 4.69) is 45.8 Å². The van der Waals surface area contributed by atoms with Crippen molar-refractivity contribution in [3.05, 3.63) is 36.4 Å². The number of anilines is 2. The molecule has 0 amide bonds. The van der Waals surface area contributed by atoms with Crippen molar-refractivity contribution in [3.63, 3.8) is 0 Å². The van der Waals surface area contributed by atoms with Gasteiger partial charge in [0, 0.05) is 5.39 Å². The average molecular weight is 188 g/mol. The maximum atomic E-state index is 3.23. The van der Waals surface area contributed by atoms with E-state index >= 15 is 0 Å². The molecule has 1 aliphatic rings. The van der Waals surface area contributed by atoms with E-state index in [9.17, 15) is 0 Å². The lowest BCUT2D eigenvalue weighted by Crippen LogP contribution is -2.01. The molecule has 2 N–H and O–H groups in total. The van der Waals surface area contributed by atoms with E-state index < -0.39 is 0 Å². The van der Waals surface area contributed by atoms with Crippen molar-refractivity contribution in [3.8, 4) is 0 Å². The number of nitrogens with one attached hydrogen (secondary N) is 2. The van der Waals surface area contributed by atoms with E-state index in [0.29, 0.717) is 0 Å². The minimum Gasteiger partial charge on any atom is -0.311 e. The molecule has 0 atom stereocenters. The van der Waals surface area contributed by atoms with Gasteiger partial charge in [-0.15, -0.1) is 0 Å². The molecule has 13 heavy (non-hydrogen) atoms. The molecule has 1 heterocycles. The van der Waals surface area contributed by atoms with Gasteiger partial charge in [-0.1, -0.05) is 24.3 Å². The topological polar surface area (TPSA) is 24.1 Å². The molecule has 0 aromatic heterocycles. The molecule has 3 heteroatoms. The third kappa shape index (κ3) is 0.971. The Balaban J connectivity index is 2.49. The van der Waals surface area contributed by atoms with Gasteiger partial charge in [0.25, 0.3) is 0 Å². The summed E-state index contributed by atoms with van der Waals surface area (Å²) in [7, 11) is 0.